The monoisotopic (exact) mass is 433 g/mol. The second-order valence-corrected chi connectivity index (χ2v) is 7.64. The Morgan fingerprint density at radius 1 is 1.23 bits per heavy atom. The van der Waals surface area contributed by atoms with E-state index in [1.165, 1.54) is 0 Å². The third kappa shape index (κ3) is 6.70. The number of piperazine rings is 1. The molecule has 128 valence electrons. The van der Waals surface area contributed by atoms with Crippen LogP contribution in [0.5, 0.6) is 0 Å². The summed E-state index contributed by atoms with van der Waals surface area (Å²) in [6.45, 7) is 6.94. The van der Waals surface area contributed by atoms with Crippen molar-refractivity contribution < 1.29 is 8.42 Å². The highest BCUT2D eigenvalue weighted by atomic mass is 79.9. The molecule has 0 aliphatic carbocycles. The van der Waals surface area contributed by atoms with Gasteiger partial charge in [-0.2, -0.15) is 0 Å². The van der Waals surface area contributed by atoms with E-state index in [0.717, 1.165) is 42.8 Å². The van der Waals surface area contributed by atoms with E-state index in [1.807, 2.05) is 13.0 Å². The molecule has 9 heteroatoms. The Balaban J connectivity index is 0.00000220. The average Bonchev–Trinajstić information content (AvgIpc) is 2.38. The molecule has 1 aliphatic rings. The largest absolute Gasteiger partial charge is 0.314 e. The summed E-state index contributed by atoms with van der Waals surface area (Å²) >= 11 is 3.33. The van der Waals surface area contributed by atoms with Crippen LogP contribution in [0.3, 0.4) is 0 Å². The highest BCUT2D eigenvalue weighted by molar-refractivity contribution is 9.10. The zero-order chi connectivity index (χ0) is 14.6. The summed E-state index contributed by atoms with van der Waals surface area (Å²) in [5, 5.41) is 3.27. The second-order valence-electron chi connectivity index (χ2n) is 4.95. The smallest absolute Gasteiger partial charge is 0.240 e. The number of halogens is 3. The summed E-state index contributed by atoms with van der Waals surface area (Å²) in [6.07, 6.45) is 0. The fourth-order valence-electron chi connectivity index (χ4n) is 2.21. The maximum atomic E-state index is 12.2. The van der Waals surface area contributed by atoms with Crippen LogP contribution in [0.2, 0.25) is 0 Å². The van der Waals surface area contributed by atoms with Gasteiger partial charge in [0.25, 0.3) is 0 Å². The molecular formula is C13H22BrCl2N3O2S. The molecule has 1 aromatic rings. The van der Waals surface area contributed by atoms with Gasteiger partial charge in [0.2, 0.25) is 10.0 Å². The predicted octanol–water partition coefficient (Wildman–Crippen LogP) is 1.78. The summed E-state index contributed by atoms with van der Waals surface area (Å²) in [5.41, 5.74) is 0.918. The van der Waals surface area contributed by atoms with Crippen LogP contribution >= 0.6 is 40.7 Å². The average molecular weight is 435 g/mol. The van der Waals surface area contributed by atoms with Gasteiger partial charge in [0, 0.05) is 43.7 Å². The minimum Gasteiger partial charge on any atom is -0.314 e. The van der Waals surface area contributed by atoms with Crippen LogP contribution in [0.1, 0.15) is 5.56 Å². The summed E-state index contributed by atoms with van der Waals surface area (Å²) in [4.78, 5) is 2.57. The van der Waals surface area contributed by atoms with Crippen molar-refractivity contribution in [3.8, 4) is 0 Å². The predicted molar refractivity (Wildman–Crippen MR) is 97.9 cm³/mol. The molecule has 1 fully saturated rings. The SMILES string of the molecule is Cc1cc(Br)cc(S(=O)(=O)NCCN2CCNCC2)c1.Cl.Cl. The zero-order valence-corrected chi connectivity index (χ0v) is 16.4. The van der Waals surface area contributed by atoms with Crippen molar-refractivity contribution in [2.75, 3.05) is 39.3 Å². The maximum absolute atomic E-state index is 12.2. The Hall–Kier alpha value is 0.110. The number of nitrogens with one attached hydrogen (secondary N) is 2. The van der Waals surface area contributed by atoms with E-state index in [0.29, 0.717) is 11.4 Å². The van der Waals surface area contributed by atoms with E-state index in [-0.39, 0.29) is 24.8 Å². The molecule has 2 rings (SSSR count). The lowest BCUT2D eigenvalue weighted by atomic mass is 10.2. The summed E-state index contributed by atoms with van der Waals surface area (Å²) in [5.74, 6) is 0. The molecule has 0 bridgehead atoms. The molecule has 1 aromatic carbocycles. The van der Waals surface area contributed by atoms with Gasteiger partial charge in [-0.3, -0.25) is 4.90 Å². The van der Waals surface area contributed by atoms with Crippen molar-refractivity contribution in [3.63, 3.8) is 0 Å². The molecule has 0 amide bonds. The van der Waals surface area contributed by atoms with Crippen molar-refractivity contribution in [2.24, 2.45) is 0 Å². The van der Waals surface area contributed by atoms with E-state index < -0.39 is 10.0 Å². The highest BCUT2D eigenvalue weighted by Gasteiger charge is 2.16. The first-order valence-electron chi connectivity index (χ1n) is 6.67. The molecule has 0 atom stereocenters. The molecule has 0 radical (unpaired) electrons. The first-order chi connectivity index (χ1) is 9.47. The quantitative estimate of drug-likeness (QED) is 0.741. The number of aryl methyl sites for hydroxylation is 1. The van der Waals surface area contributed by atoms with Crippen LogP contribution in [-0.4, -0.2) is 52.6 Å². The highest BCUT2D eigenvalue weighted by Crippen LogP contribution is 2.18. The number of rotatable bonds is 5. The number of sulfonamides is 1. The van der Waals surface area contributed by atoms with E-state index >= 15 is 0 Å². The first-order valence-corrected chi connectivity index (χ1v) is 8.95. The number of benzene rings is 1. The van der Waals surface area contributed by atoms with Crippen molar-refractivity contribution >= 4 is 50.8 Å². The molecule has 1 heterocycles. The van der Waals surface area contributed by atoms with Gasteiger partial charge in [-0.05, 0) is 30.7 Å². The number of nitrogens with zero attached hydrogens (tertiary/aromatic N) is 1. The van der Waals surface area contributed by atoms with Crippen molar-refractivity contribution in [1.29, 1.82) is 0 Å². The van der Waals surface area contributed by atoms with Crippen molar-refractivity contribution in [3.05, 3.63) is 28.2 Å². The Morgan fingerprint density at radius 2 is 1.86 bits per heavy atom. The van der Waals surface area contributed by atoms with E-state index in [1.54, 1.807) is 12.1 Å². The molecule has 0 spiro atoms. The van der Waals surface area contributed by atoms with Crippen LogP contribution in [0.15, 0.2) is 27.6 Å². The van der Waals surface area contributed by atoms with Crippen LogP contribution in [0, 0.1) is 6.92 Å². The van der Waals surface area contributed by atoms with Crippen LogP contribution in [0.25, 0.3) is 0 Å². The van der Waals surface area contributed by atoms with Crippen LogP contribution in [-0.2, 0) is 10.0 Å². The molecule has 2 N–H and O–H groups in total. The van der Waals surface area contributed by atoms with Crippen LogP contribution < -0.4 is 10.0 Å². The Kier molecular flexibility index (Phi) is 10.1. The Morgan fingerprint density at radius 3 is 2.45 bits per heavy atom. The molecular weight excluding hydrogens is 413 g/mol. The van der Waals surface area contributed by atoms with Crippen molar-refractivity contribution in [2.45, 2.75) is 11.8 Å². The minimum atomic E-state index is -3.43. The van der Waals surface area contributed by atoms with E-state index in [2.05, 4.69) is 30.9 Å². The first kappa shape index (κ1) is 22.1. The third-order valence-corrected chi connectivity index (χ3v) is 5.15. The van der Waals surface area contributed by atoms with Crippen molar-refractivity contribution in [1.82, 2.24) is 14.9 Å². The standard InChI is InChI=1S/C13H20BrN3O2S.2ClH/c1-11-8-12(14)10-13(9-11)20(18,19)16-4-7-17-5-2-15-3-6-17;;/h8-10,15-16H,2-7H2,1H3;2*1H. The zero-order valence-electron chi connectivity index (χ0n) is 12.3. The summed E-state index contributed by atoms with van der Waals surface area (Å²) in [6, 6.07) is 5.19. The van der Waals surface area contributed by atoms with E-state index in [4.69, 9.17) is 0 Å². The topological polar surface area (TPSA) is 61.4 Å². The second kappa shape index (κ2) is 10.1. The normalized spacial score (nSPS) is 15.7. The van der Waals surface area contributed by atoms with Gasteiger partial charge in [0.15, 0.2) is 0 Å². The van der Waals surface area contributed by atoms with Crippen LogP contribution in [0.4, 0.5) is 0 Å². The third-order valence-electron chi connectivity index (χ3n) is 3.26. The lowest BCUT2D eigenvalue weighted by molar-refractivity contribution is 0.245. The Labute approximate surface area is 153 Å². The molecule has 22 heavy (non-hydrogen) atoms. The van der Waals surface area contributed by atoms with Gasteiger partial charge in [-0.15, -0.1) is 24.8 Å². The summed E-state index contributed by atoms with van der Waals surface area (Å²) in [7, 11) is -3.43. The Bertz CT molecular complexity index is 546. The fraction of sp³-hybridized carbons (Fsp3) is 0.538. The molecule has 5 nitrogen and oxygen atoms in total. The molecule has 1 saturated heterocycles. The summed E-state index contributed by atoms with van der Waals surface area (Å²) < 4.78 is 27.9. The molecule has 0 unspecified atom stereocenters. The number of hydrogen-bond acceptors (Lipinski definition) is 4. The molecule has 0 saturated carbocycles. The fourth-order valence-corrected chi connectivity index (χ4v) is 4.12. The van der Waals surface area contributed by atoms with Gasteiger partial charge in [-0.1, -0.05) is 15.9 Å². The lowest BCUT2D eigenvalue weighted by Crippen LogP contribution is -2.46. The maximum Gasteiger partial charge on any atom is 0.240 e. The van der Waals surface area contributed by atoms with Gasteiger partial charge in [-0.25, -0.2) is 13.1 Å². The minimum absolute atomic E-state index is 0. The number of hydrogen-bond donors (Lipinski definition) is 2. The molecule has 1 aliphatic heterocycles. The van der Waals surface area contributed by atoms with Gasteiger partial charge in [0.1, 0.15) is 0 Å². The van der Waals surface area contributed by atoms with Gasteiger partial charge in [0.05, 0.1) is 4.90 Å². The lowest BCUT2D eigenvalue weighted by Gasteiger charge is -2.27. The van der Waals surface area contributed by atoms with Gasteiger partial charge >= 0.3 is 0 Å². The van der Waals surface area contributed by atoms with Gasteiger partial charge < -0.3 is 5.32 Å². The molecule has 0 aromatic heterocycles. The van der Waals surface area contributed by atoms with E-state index in [9.17, 15) is 8.42 Å².